The molecule has 0 rings (SSSR count). The minimum Gasteiger partial charge on any atom is -1.00 e. The molecule has 0 heterocycles. The van der Waals surface area contributed by atoms with E-state index in [1.54, 1.807) is 0 Å². The fourth-order valence-electron chi connectivity index (χ4n) is 0. The molecule has 0 N–H and O–H groups in total. The Labute approximate surface area is 56.3 Å². The van der Waals surface area contributed by atoms with Gasteiger partial charge in [0.1, 0.15) is 5.34 Å². The Morgan fingerprint density at radius 2 is 2.20 bits per heavy atom. The van der Waals surface area contributed by atoms with Gasteiger partial charge >= 0.3 is 29.6 Å². The molecule has 0 aromatic heterocycles. The maximum absolute atomic E-state index is 8.74. The summed E-state index contributed by atoms with van der Waals surface area (Å²) in [6, 6.07) is 0. The Bertz CT molecular complexity index is 27.5. The molecule has 0 amide bonds. The molecular formula is H4NNaO2Si. The Balaban J connectivity index is -0.0000000450. The van der Waals surface area contributed by atoms with Crippen molar-refractivity contribution in [1.82, 2.24) is 0 Å². The van der Waals surface area contributed by atoms with Gasteiger partial charge in [0.2, 0.25) is 10.5 Å². The van der Waals surface area contributed by atoms with E-state index in [2.05, 4.69) is 4.53 Å². The SMILES string of the molecule is O=NO[SiH3].[H-].[Na+]. The van der Waals surface area contributed by atoms with Gasteiger partial charge in [-0.3, -0.25) is 0 Å². The van der Waals surface area contributed by atoms with Gasteiger partial charge in [0.15, 0.2) is 0 Å². The van der Waals surface area contributed by atoms with E-state index in [0.717, 1.165) is 0 Å². The van der Waals surface area contributed by atoms with Crippen molar-refractivity contribution in [3.05, 3.63) is 4.91 Å². The van der Waals surface area contributed by atoms with Crippen LogP contribution in [0.25, 0.3) is 0 Å². The third-order valence-electron chi connectivity index (χ3n) is 0.0745. The van der Waals surface area contributed by atoms with E-state index in [1.807, 2.05) is 5.34 Å². The summed E-state index contributed by atoms with van der Waals surface area (Å²) in [5.41, 5.74) is 0. The van der Waals surface area contributed by atoms with Crippen molar-refractivity contribution in [3.8, 4) is 0 Å². The first-order valence-corrected chi connectivity index (χ1v) is 1.59. The molecule has 0 aliphatic rings. The summed E-state index contributed by atoms with van der Waals surface area (Å²) in [4.78, 5) is 8.74. The fraction of sp³-hybridized carbons (Fsp3) is 0. The normalized spacial score (nSPS) is 4.80. The van der Waals surface area contributed by atoms with Gasteiger partial charge in [-0.05, 0) is 0 Å². The molecule has 0 aromatic rings. The van der Waals surface area contributed by atoms with Crippen LogP contribution in [-0.2, 0) is 4.53 Å². The monoisotopic (exact) mass is 101 g/mol. The molecule has 0 aliphatic heterocycles. The standard InChI is InChI=1S/H3NO2Si.Na.H/c2-1-3-4;;/h4H3;;/q;+1;-1. The number of hydrogen-bond donors (Lipinski definition) is 0. The first kappa shape index (κ1) is 9.15. The van der Waals surface area contributed by atoms with Crippen LogP contribution in [0.3, 0.4) is 0 Å². The van der Waals surface area contributed by atoms with Crippen LogP contribution in [-0.4, -0.2) is 10.5 Å². The van der Waals surface area contributed by atoms with Gasteiger partial charge in [0.25, 0.3) is 0 Å². The number of hydrogen-bond acceptors (Lipinski definition) is 3. The van der Waals surface area contributed by atoms with Gasteiger partial charge in [-0.25, -0.2) is 0 Å². The van der Waals surface area contributed by atoms with Gasteiger partial charge < -0.3 is 5.95 Å². The van der Waals surface area contributed by atoms with Crippen molar-refractivity contribution in [2.75, 3.05) is 0 Å². The van der Waals surface area contributed by atoms with E-state index in [4.69, 9.17) is 4.91 Å². The largest absolute Gasteiger partial charge is 1.00 e. The molecule has 0 radical (unpaired) electrons. The third-order valence-corrected chi connectivity index (χ3v) is 0.224. The number of nitrogens with zero attached hydrogens (tertiary/aromatic N) is 1. The van der Waals surface area contributed by atoms with Gasteiger partial charge in [0, 0.05) is 0 Å². The van der Waals surface area contributed by atoms with E-state index in [1.165, 1.54) is 0 Å². The van der Waals surface area contributed by atoms with Crippen LogP contribution < -0.4 is 29.6 Å². The van der Waals surface area contributed by atoms with Crippen molar-refractivity contribution in [2.45, 2.75) is 0 Å². The molecule has 0 spiro atoms. The third kappa shape index (κ3) is 12.1. The van der Waals surface area contributed by atoms with Crippen molar-refractivity contribution in [1.29, 1.82) is 0 Å². The van der Waals surface area contributed by atoms with E-state index in [9.17, 15) is 0 Å². The minimum atomic E-state index is 0. The van der Waals surface area contributed by atoms with E-state index >= 15 is 0 Å². The average molecular weight is 101 g/mol. The molecule has 5 heteroatoms. The van der Waals surface area contributed by atoms with Gasteiger partial charge in [0.05, 0.1) is 0 Å². The summed E-state index contributed by atoms with van der Waals surface area (Å²) in [6.45, 7) is 0. The Morgan fingerprint density at radius 1 is 2.00 bits per heavy atom. The van der Waals surface area contributed by atoms with Crippen LogP contribution in [0.5, 0.6) is 0 Å². The van der Waals surface area contributed by atoms with Crippen molar-refractivity contribution >= 4 is 10.5 Å². The Kier molecular flexibility index (Phi) is 16.1. The zero-order chi connectivity index (χ0) is 3.41. The molecule has 0 aliphatic carbocycles. The summed E-state index contributed by atoms with van der Waals surface area (Å²) in [5.74, 6) is 0. The summed E-state index contributed by atoms with van der Waals surface area (Å²) in [7, 11) is 0.410. The van der Waals surface area contributed by atoms with Gasteiger partial charge in [-0.1, -0.05) is 0 Å². The van der Waals surface area contributed by atoms with Crippen LogP contribution in [0.15, 0.2) is 5.34 Å². The molecule has 3 nitrogen and oxygen atoms in total. The summed E-state index contributed by atoms with van der Waals surface area (Å²) >= 11 is 0. The Morgan fingerprint density at radius 3 is 2.20 bits per heavy atom. The molecule has 0 atom stereocenters. The van der Waals surface area contributed by atoms with Gasteiger partial charge in [-0.15, -0.1) is 4.91 Å². The topological polar surface area (TPSA) is 38.7 Å². The van der Waals surface area contributed by atoms with Crippen molar-refractivity contribution in [2.24, 2.45) is 5.34 Å². The molecule has 0 saturated heterocycles. The fourth-order valence-corrected chi connectivity index (χ4v) is 0. The molecule has 0 unspecified atom stereocenters. The van der Waals surface area contributed by atoms with Gasteiger partial charge in [-0.2, -0.15) is 0 Å². The predicted octanol–water partition coefficient (Wildman–Crippen LogP) is -3.92. The molecule has 5 heavy (non-hydrogen) atoms. The quantitative estimate of drug-likeness (QED) is 0.192. The maximum Gasteiger partial charge on any atom is 1.00 e. The van der Waals surface area contributed by atoms with Crippen LogP contribution >= 0.6 is 0 Å². The first-order chi connectivity index (χ1) is 1.91. The second-order valence-corrected chi connectivity index (χ2v) is 0.622. The summed E-state index contributed by atoms with van der Waals surface area (Å²) in [5, 5.41) is 2.05. The average Bonchev–Trinajstić information content (AvgIpc) is 1.37. The van der Waals surface area contributed by atoms with Crippen LogP contribution in [0.2, 0.25) is 0 Å². The molecule has 26 valence electrons. The van der Waals surface area contributed by atoms with E-state index in [-0.39, 0.29) is 31.0 Å². The predicted molar refractivity (Wildman–Crippen MR) is 17.9 cm³/mol. The molecule has 0 saturated carbocycles. The second-order valence-electron chi connectivity index (χ2n) is 0.257. The minimum absolute atomic E-state index is 0. The van der Waals surface area contributed by atoms with Crippen molar-refractivity contribution < 1.29 is 35.5 Å². The van der Waals surface area contributed by atoms with Crippen LogP contribution in [0.1, 0.15) is 1.43 Å². The second kappa shape index (κ2) is 8.82. The molecular weight excluding hydrogens is 97.1 g/mol. The Hall–Kier alpha value is 0.617. The van der Waals surface area contributed by atoms with E-state index in [0.29, 0.717) is 10.5 Å². The molecule has 0 fully saturated rings. The van der Waals surface area contributed by atoms with Crippen molar-refractivity contribution in [3.63, 3.8) is 0 Å². The molecule has 0 bridgehead atoms. The zero-order valence-electron chi connectivity index (χ0n) is 4.26. The first-order valence-electron chi connectivity index (χ1n) is 0.773. The summed E-state index contributed by atoms with van der Waals surface area (Å²) in [6.07, 6.45) is 0. The smallest absolute Gasteiger partial charge is 1.00 e. The zero-order valence-corrected chi connectivity index (χ0v) is 7.26. The van der Waals surface area contributed by atoms with Crippen LogP contribution in [0.4, 0.5) is 0 Å². The summed E-state index contributed by atoms with van der Waals surface area (Å²) < 4.78 is 3.75. The van der Waals surface area contributed by atoms with E-state index < -0.39 is 0 Å². The maximum atomic E-state index is 8.74. The molecule has 0 aromatic carbocycles. The number of rotatable bonds is 1. The van der Waals surface area contributed by atoms with Crippen LogP contribution in [0, 0.1) is 4.91 Å².